The Kier molecular flexibility index (Phi) is 5.67. The predicted molar refractivity (Wildman–Crippen MR) is 119 cm³/mol. The Hall–Kier alpha value is -3.35. The van der Waals surface area contributed by atoms with Gasteiger partial charge in [0.05, 0.1) is 12.6 Å². The van der Waals surface area contributed by atoms with Gasteiger partial charge in [-0.3, -0.25) is 4.79 Å². The van der Waals surface area contributed by atoms with Crippen molar-refractivity contribution in [3.05, 3.63) is 70.3 Å². The summed E-state index contributed by atoms with van der Waals surface area (Å²) in [5.41, 5.74) is 3.50. The minimum Gasteiger partial charge on any atom is -0.465 e. The molecule has 0 spiro atoms. The first-order valence-electron chi connectivity index (χ1n) is 10.9. The van der Waals surface area contributed by atoms with Crippen molar-refractivity contribution in [2.24, 2.45) is 0 Å². The first-order chi connectivity index (χ1) is 15.1. The summed E-state index contributed by atoms with van der Waals surface area (Å²) in [6.45, 7) is 6.12. The zero-order chi connectivity index (χ0) is 23.0. The van der Waals surface area contributed by atoms with E-state index in [2.05, 4.69) is 0 Å². The zero-order valence-corrected chi connectivity index (χ0v) is 18.6. The fourth-order valence-corrected chi connectivity index (χ4v) is 4.52. The van der Waals surface area contributed by atoms with E-state index in [-0.39, 0.29) is 6.54 Å². The van der Waals surface area contributed by atoms with E-state index in [4.69, 9.17) is 4.74 Å². The average Bonchev–Trinajstić information content (AvgIpc) is 3.14. The average molecular weight is 437 g/mol. The largest absolute Gasteiger partial charge is 0.465 e. The van der Waals surface area contributed by atoms with Gasteiger partial charge in [-0.2, -0.15) is 0 Å². The van der Waals surface area contributed by atoms with E-state index < -0.39 is 29.7 Å². The lowest BCUT2D eigenvalue weighted by Gasteiger charge is -2.33. The van der Waals surface area contributed by atoms with Gasteiger partial charge in [-0.25, -0.2) is 14.5 Å². The maximum atomic E-state index is 13.5. The molecule has 2 aromatic carbocycles. The summed E-state index contributed by atoms with van der Waals surface area (Å²) >= 11 is 0. The molecular formula is C25H28N2O5. The first kappa shape index (κ1) is 21.9. The van der Waals surface area contributed by atoms with Crippen LogP contribution in [0.4, 0.5) is 9.59 Å². The molecule has 1 aliphatic heterocycles. The minimum atomic E-state index is -1.26. The topological polar surface area (TPSA) is 87.2 Å². The molecule has 0 unspecified atom stereocenters. The maximum Gasteiger partial charge on any atom is 0.414 e. The number of hydrogen-bond donors (Lipinski definition) is 1. The van der Waals surface area contributed by atoms with Crippen molar-refractivity contribution in [3.8, 4) is 0 Å². The van der Waals surface area contributed by atoms with Crippen LogP contribution in [0.2, 0.25) is 0 Å². The lowest BCUT2D eigenvalue weighted by Crippen LogP contribution is -2.46. The van der Waals surface area contributed by atoms with Crippen LogP contribution in [0.1, 0.15) is 53.4 Å². The zero-order valence-electron chi connectivity index (χ0n) is 18.6. The van der Waals surface area contributed by atoms with Gasteiger partial charge in [-0.05, 0) is 68.4 Å². The van der Waals surface area contributed by atoms with Crippen LogP contribution in [-0.4, -0.2) is 51.2 Å². The SMILES string of the molecule is CC(C)(C)OC(=O)N1CCc2cccc(C(=O)N(C(=O)O)C3Cc4ccccc4C3)c2C1. The van der Waals surface area contributed by atoms with Gasteiger partial charge in [-0.15, -0.1) is 0 Å². The smallest absolute Gasteiger partial charge is 0.414 e. The molecule has 32 heavy (non-hydrogen) atoms. The Morgan fingerprint density at radius 3 is 2.22 bits per heavy atom. The third kappa shape index (κ3) is 4.33. The molecule has 7 heteroatoms. The van der Waals surface area contributed by atoms with Gasteiger partial charge in [0.25, 0.3) is 5.91 Å². The minimum absolute atomic E-state index is 0.213. The number of carbonyl (C=O) groups is 3. The summed E-state index contributed by atoms with van der Waals surface area (Å²) < 4.78 is 5.49. The van der Waals surface area contributed by atoms with Gasteiger partial charge in [0.1, 0.15) is 5.60 Å². The summed E-state index contributed by atoms with van der Waals surface area (Å²) in [6, 6.07) is 12.7. The Morgan fingerprint density at radius 1 is 1.00 bits per heavy atom. The number of hydrogen-bond acceptors (Lipinski definition) is 4. The summed E-state index contributed by atoms with van der Waals surface area (Å²) in [6.07, 6.45) is -0.102. The number of imide groups is 1. The normalized spacial score (nSPS) is 15.7. The number of benzene rings is 2. The molecule has 3 amide bonds. The number of carbonyl (C=O) groups excluding carboxylic acids is 2. The number of nitrogens with zero attached hydrogens (tertiary/aromatic N) is 2. The highest BCUT2D eigenvalue weighted by Crippen LogP contribution is 2.29. The molecule has 1 N–H and O–H groups in total. The van der Waals surface area contributed by atoms with Crippen LogP contribution in [0, 0.1) is 0 Å². The summed E-state index contributed by atoms with van der Waals surface area (Å²) in [4.78, 5) is 40.8. The van der Waals surface area contributed by atoms with Gasteiger partial charge in [0.2, 0.25) is 0 Å². The van der Waals surface area contributed by atoms with Crippen molar-refractivity contribution >= 4 is 18.1 Å². The number of fused-ring (bicyclic) bond motifs is 2. The summed E-state index contributed by atoms with van der Waals surface area (Å²) in [5.74, 6) is -0.543. The molecule has 168 valence electrons. The van der Waals surface area contributed by atoms with E-state index in [1.165, 1.54) is 0 Å². The second kappa shape index (κ2) is 8.30. The van der Waals surface area contributed by atoms with E-state index in [1.54, 1.807) is 17.0 Å². The second-order valence-electron chi connectivity index (χ2n) is 9.38. The monoisotopic (exact) mass is 436 g/mol. The molecule has 0 atom stereocenters. The molecule has 0 fully saturated rings. The molecule has 7 nitrogen and oxygen atoms in total. The van der Waals surface area contributed by atoms with Crippen LogP contribution in [0.5, 0.6) is 0 Å². The van der Waals surface area contributed by atoms with E-state index in [0.29, 0.717) is 36.9 Å². The van der Waals surface area contributed by atoms with Crippen LogP contribution in [0.25, 0.3) is 0 Å². The molecule has 0 bridgehead atoms. The molecule has 1 aliphatic carbocycles. The van der Waals surface area contributed by atoms with Crippen LogP contribution >= 0.6 is 0 Å². The molecule has 0 saturated heterocycles. The van der Waals surface area contributed by atoms with Gasteiger partial charge in [-0.1, -0.05) is 36.4 Å². The highest BCUT2D eigenvalue weighted by molar-refractivity contribution is 6.04. The van der Waals surface area contributed by atoms with Crippen LogP contribution in [0.15, 0.2) is 42.5 Å². The van der Waals surface area contributed by atoms with Crippen molar-refractivity contribution in [3.63, 3.8) is 0 Å². The fourth-order valence-electron chi connectivity index (χ4n) is 4.52. The molecule has 2 aromatic rings. The lowest BCUT2D eigenvalue weighted by atomic mass is 9.94. The van der Waals surface area contributed by atoms with Gasteiger partial charge in [0.15, 0.2) is 0 Å². The number of carboxylic acid groups (broad SMARTS) is 1. The maximum absolute atomic E-state index is 13.5. The molecule has 4 rings (SSSR count). The van der Waals surface area contributed by atoms with Crippen molar-refractivity contribution in [1.29, 1.82) is 0 Å². The quantitative estimate of drug-likeness (QED) is 0.760. The Labute approximate surface area is 187 Å². The van der Waals surface area contributed by atoms with Gasteiger partial charge >= 0.3 is 12.2 Å². The standard InChI is InChI=1S/C25H28N2O5/c1-25(2,3)32-24(31)26-12-11-16-9-6-10-20(21(16)15-26)22(28)27(23(29)30)19-13-17-7-4-5-8-18(17)14-19/h4-10,19H,11-15H2,1-3H3,(H,29,30). The van der Waals surface area contributed by atoms with Crippen LogP contribution in [-0.2, 0) is 30.5 Å². The second-order valence-corrected chi connectivity index (χ2v) is 9.38. The third-order valence-corrected chi connectivity index (χ3v) is 5.97. The molecular weight excluding hydrogens is 408 g/mol. The molecule has 0 aromatic heterocycles. The molecule has 0 radical (unpaired) electrons. The van der Waals surface area contributed by atoms with Gasteiger partial charge in [0, 0.05) is 12.1 Å². The van der Waals surface area contributed by atoms with Gasteiger partial charge < -0.3 is 14.7 Å². The highest BCUT2D eigenvalue weighted by Gasteiger charge is 2.37. The van der Waals surface area contributed by atoms with Crippen molar-refractivity contribution in [2.45, 2.75) is 58.2 Å². The fraction of sp³-hybridized carbons (Fsp3) is 0.400. The Morgan fingerprint density at radius 2 is 1.62 bits per heavy atom. The Bertz CT molecular complexity index is 1050. The molecule has 1 heterocycles. The van der Waals surface area contributed by atoms with Crippen LogP contribution in [0.3, 0.4) is 0 Å². The first-order valence-corrected chi connectivity index (χ1v) is 10.9. The number of amides is 3. The van der Waals surface area contributed by atoms with E-state index in [9.17, 15) is 19.5 Å². The van der Waals surface area contributed by atoms with Crippen molar-refractivity contribution in [2.75, 3.05) is 6.54 Å². The highest BCUT2D eigenvalue weighted by atomic mass is 16.6. The van der Waals surface area contributed by atoms with Crippen molar-refractivity contribution in [1.82, 2.24) is 9.80 Å². The molecule has 0 saturated carbocycles. The van der Waals surface area contributed by atoms with Crippen LogP contribution < -0.4 is 0 Å². The molecule has 2 aliphatic rings. The predicted octanol–water partition coefficient (Wildman–Crippen LogP) is 4.27. The summed E-state index contributed by atoms with van der Waals surface area (Å²) in [7, 11) is 0. The number of ether oxygens (including phenoxy) is 1. The summed E-state index contributed by atoms with van der Waals surface area (Å²) in [5, 5.41) is 9.94. The van der Waals surface area contributed by atoms with E-state index in [1.807, 2.05) is 51.1 Å². The third-order valence-electron chi connectivity index (χ3n) is 5.97. The van der Waals surface area contributed by atoms with Crippen molar-refractivity contribution < 1.29 is 24.2 Å². The van der Waals surface area contributed by atoms with E-state index in [0.717, 1.165) is 21.6 Å². The Balaban J connectivity index is 1.61. The lowest BCUT2D eigenvalue weighted by molar-refractivity contribution is 0.0221. The number of rotatable bonds is 2. The van der Waals surface area contributed by atoms with E-state index >= 15 is 0 Å².